The molecule has 0 spiro atoms. The molecule has 1 aromatic carbocycles. The van der Waals surface area contributed by atoms with Gasteiger partial charge in [0.1, 0.15) is 0 Å². The van der Waals surface area contributed by atoms with Crippen molar-refractivity contribution in [2.45, 2.75) is 32.7 Å². The molecule has 1 atom stereocenters. The molecule has 4 N–H and O–H groups in total. The van der Waals surface area contributed by atoms with E-state index < -0.39 is 11.9 Å². The lowest BCUT2D eigenvalue weighted by molar-refractivity contribution is -0.144. The molecule has 1 aliphatic heterocycles. The third kappa shape index (κ3) is 6.56. The van der Waals surface area contributed by atoms with Crippen LogP contribution in [-0.2, 0) is 9.53 Å². The first kappa shape index (κ1) is 20.7. The molecule has 2 rings (SSSR count). The molecule has 0 bridgehead atoms. The van der Waals surface area contributed by atoms with E-state index >= 15 is 0 Å². The molecule has 3 amide bonds. The van der Waals surface area contributed by atoms with Crippen molar-refractivity contribution in [1.29, 1.82) is 0 Å². The number of amides is 3. The zero-order valence-electron chi connectivity index (χ0n) is 15.7. The smallest absolute Gasteiger partial charge is 0.319 e. The van der Waals surface area contributed by atoms with Crippen LogP contribution in [0.2, 0.25) is 0 Å². The summed E-state index contributed by atoms with van der Waals surface area (Å²) in [7, 11) is 0. The number of anilines is 1. The Balaban J connectivity index is 1.95. The SMILES string of the molecule is CC(C)NC(=O)Nc1cccc(C(=O)NCC(C(=O)O)C2CCOCC2)c1. The van der Waals surface area contributed by atoms with Crippen molar-refractivity contribution in [1.82, 2.24) is 10.6 Å². The van der Waals surface area contributed by atoms with Crippen molar-refractivity contribution in [3.63, 3.8) is 0 Å². The largest absolute Gasteiger partial charge is 0.481 e. The highest BCUT2D eigenvalue weighted by Gasteiger charge is 2.30. The zero-order chi connectivity index (χ0) is 19.8. The standard InChI is InChI=1S/C19H27N3O5/c1-12(2)21-19(26)22-15-5-3-4-14(10-15)17(23)20-11-16(18(24)25)13-6-8-27-9-7-13/h3-5,10,12-13,16H,6-9,11H2,1-2H3,(H,20,23)(H,24,25)(H2,21,22,26). The summed E-state index contributed by atoms with van der Waals surface area (Å²) in [5.74, 6) is -1.94. The van der Waals surface area contributed by atoms with Gasteiger partial charge in [-0.15, -0.1) is 0 Å². The number of carboxylic acids is 1. The van der Waals surface area contributed by atoms with Gasteiger partial charge < -0.3 is 25.8 Å². The Morgan fingerprint density at radius 1 is 1.22 bits per heavy atom. The Kier molecular flexibility index (Phi) is 7.60. The lowest BCUT2D eigenvalue weighted by atomic mass is 9.86. The maximum Gasteiger partial charge on any atom is 0.319 e. The Labute approximate surface area is 158 Å². The van der Waals surface area contributed by atoms with Crippen LogP contribution in [0.25, 0.3) is 0 Å². The summed E-state index contributed by atoms with van der Waals surface area (Å²) in [6.45, 7) is 4.86. The number of rotatable bonds is 7. The highest BCUT2D eigenvalue weighted by atomic mass is 16.5. The van der Waals surface area contributed by atoms with E-state index in [2.05, 4.69) is 16.0 Å². The first-order valence-electron chi connectivity index (χ1n) is 9.13. The van der Waals surface area contributed by atoms with E-state index in [1.165, 1.54) is 0 Å². The first-order valence-corrected chi connectivity index (χ1v) is 9.13. The fourth-order valence-electron chi connectivity index (χ4n) is 3.05. The molecule has 1 unspecified atom stereocenters. The number of aliphatic carboxylic acids is 1. The van der Waals surface area contributed by atoms with Crippen LogP contribution in [0.5, 0.6) is 0 Å². The number of carbonyl (C=O) groups excluding carboxylic acids is 2. The number of hydrogen-bond donors (Lipinski definition) is 4. The maximum absolute atomic E-state index is 12.4. The van der Waals surface area contributed by atoms with E-state index in [1.54, 1.807) is 24.3 Å². The van der Waals surface area contributed by atoms with Crippen LogP contribution in [0.3, 0.4) is 0 Å². The average molecular weight is 377 g/mol. The highest BCUT2D eigenvalue weighted by Crippen LogP contribution is 2.24. The second-order valence-corrected chi connectivity index (χ2v) is 6.94. The molecule has 1 saturated heterocycles. The molecule has 0 radical (unpaired) electrons. The zero-order valence-corrected chi connectivity index (χ0v) is 15.7. The minimum absolute atomic E-state index is 0.00498. The number of ether oxygens (including phenoxy) is 1. The number of urea groups is 1. The maximum atomic E-state index is 12.4. The molecule has 8 nitrogen and oxygen atoms in total. The van der Waals surface area contributed by atoms with E-state index in [9.17, 15) is 19.5 Å². The van der Waals surface area contributed by atoms with Crippen molar-refractivity contribution < 1.29 is 24.2 Å². The van der Waals surface area contributed by atoms with Gasteiger partial charge in [-0.1, -0.05) is 6.07 Å². The van der Waals surface area contributed by atoms with Gasteiger partial charge in [0.2, 0.25) is 0 Å². The summed E-state index contributed by atoms with van der Waals surface area (Å²) in [5, 5.41) is 17.5. The number of carboxylic acid groups (broad SMARTS) is 1. The van der Waals surface area contributed by atoms with Crippen LogP contribution in [-0.4, -0.2) is 48.8 Å². The van der Waals surface area contributed by atoms with Crippen LogP contribution < -0.4 is 16.0 Å². The van der Waals surface area contributed by atoms with Crippen molar-refractivity contribution in [3.8, 4) is 0 Å². The van der Waals surface area contributed by atoms with Crippen LogP contribution in [0.15, 0.2) is 24.3 Å². The topological polar surface area (TPSA) is 117 Å². The molecule has 1 aromatic rings. The Hall–Kier alpha value is -2.61. The third-order valence-corrected chi connectivity index (χ3v) is 4.44. The van der Waals surface area contributed by atoms with Gasteiger partial charge in [-0.25, -0.2) is 4.79 Å². The average Bonchev–Trinajstić information content (AvgIpc) is 2.61. The normalized spacial score (nSPS) is 15.8. The van der Waals surface area contributed by atoms with E-state index in [0.717, 1.165) is 0 Å². The summed E-state index contributed by atoms with van der Waals surface area (Å²) >= 11 is 0. The molecule has 1 aliphatic rings. The number of benzene rings is 1. The van der Waals surface area contributed by atoms with Crippen LogP contribution >= 0.6 is 0 Å². The van der Waals surface area contributed by atoms with Gasteiger partial charge in [-0.3, -0.25) is 9.59 Å². The minimum atomic E-state index is -0.914. The summed E-state index contributed by atoms with van der Waals surface area (Å²) in [4.78, 5) is 35.7. The molecule has 27 heavy (non-hydrogen) atoms. The van der Waals surface area contributed by atoms with Gasteiger partial charge >= 0.3 is 12.0 Å². The van der Waals surface area contributed by atoms with Gasteiger partial charge in [0.25, 0.3) is 5.91 Å². The van der Waals surface area contributed by atoms with Gasteiger partial charge in [-0.05, 0) is 50.8 Å². The number of nitrogens with one attached hydrogen (secondary N) is 3. The van der Waals surface area contributed by atoms with Gasteiger partial charge in [0, 0.05) is 37.1 Å². The molecule has 0 saturated carbocycles. The molecule has 0 aliphatic carbocycles. The lowest BCUT2D eigenvalue weighted by Gasteiger charge is -2.27. The fourth-order valence-corrected chi connectivity index (χ4v) is 3.05. The molecule has 0 aromatic heterocycles. The third-order valence-electron chi connectivity index (χ3n) is 4.44. The fraction of sp³-hybridized carbons (Fsp3) is 0.526. The number of hydrogen-bond acceptors (Lipinski definition) is 4. The Morgan fingerprint density at radius 2 is 1.93 bits per heavy atom. The van der Waals surface area contributed by atoms with Gasteiger partial charge in [0.05, 0.1) is 5.92 Å². The van der Waals surface area contributed by atoms with Crippen LogP contribution in [0, 0.1) is 11.8 Å². The molecule has 1 heterocycles. The molecule has 1 fully saturated rings. The summed E-state index contributed by atoms with van der Waals surface area (Å²) in [5.41, 5.74) is 0.841. The van der Waals surface area contributed by atoms with Crippen LogP contribution in [0.1, 0.15) is 37.0 Å². The van der Waals surface area contributed by atoms with Crippen molar-refractivity contribution in [2.24, 2.45) is 11.8 Å². The molecule has 8 heteroatoms. The van der Waals surface area contributed by atoms with Crippen molar-refractivity contribution >= 4 is 23.6 Å². The van der Waals surface area contributed by atoms with Gasteiger partial charge in [-0.2, -0.15) is 0 Å². The second-order valence-electron chi connectivity index (χ2n) is 6.94. The first-order chi connectivity index (χ1) is 12.9. The second kappa shape index (κ2) is 9.91. The molecular weight excluding hydrogens is 350 g/mol. The predicted molar refractivity (Wildman–Crippen MR) is 101 cm³/mol. The van der Waals surface area contributed by atoms with E-state index in [0.29, 0.717) is 37.3 Å². The quantitative estimate of drug-likeness (QED) is 0.580. The molecule has 148 valence electrons. The van der Waals surface area contributed by atoms with Gasteiger partial charge in [0.15, 0.2) is 0 Å². The van der Waals surface area contributed by atoms with Crippen LogP contribution in [0.4, 0.5) is 10.5 Å². The van der Waals surface area contributed by atoms with Crippen molar-refractivity contribution in [3.05, 3.63) is 29.8 Å². The highest BCUT2D eigenvalue weighted by molar-refractivity contribution is 5.97. The number of carbonyl (C=O) groups is 3. The monoisotopic (exact) mass is 377 g/mol. The Morgan fingerprint density at radius 3 is 2.56 bits per heavy atom. The summed E-state index contributed by atoms with van der Waals surface area (Å²) in [6.07, 6.45) is 1.36. The van der Waals surface area contributed by atoms with E-state index in [-0.39, 0.29) is 30.4 Å². The Bertz CT molecular complexity index is 671. The summed E-state index contributed by atoms with van der Waals surface area (Å²) < 4.78 is 5.27. The lowest BCUT2D eigenvalue weighted by Crippen LogP contribution is -2.39. The van der Waals surface area contributed by atoms with E-state index in [4.69, 9.17) is 4.74 Å². The summed E-state index contributed by atoms with van der Waals surface area (Å²) in [6, 6.07) is 6.15. The van der Waals surface area contributed by atoms with E-state index in [1.807, 2.05) is 13.8 Å². The minimum Gasteiger partial charge on any atom is -0.481 e. The predicted octanol–water partition coefficient (Wildman–Crippen LogP) is 2.07. The molecular formula is C19H27N3O5. The van der Waals surface area contributed by atoms with Crippen molar-refractivity contribution in [2.75, 3.05) is 25.1 Å².